The molecule has 5 nitrogen and oxygen atoms in total. The second-order valence-electron chi connectivity index (χ2n) is 4.47. The van der Waals surface area contributed by atoms with Crippen LogP contribution in [0, 0.1) is 6.92 Å². The lowest BCUT2D eigenvalue weighted by Crippen LogP contribution is -2.12. The van der Waals surface area contributed by atoms with Gasteiger partial charge in [0.15, 0.2) is 0 Å². The van der Waals surface area contributed by atoms with Crippen LogP contribution in [-0.4, -0.2) is 24.0 Å². The van der Waals surface area contributed by atoms with Crippen molar-refractivity contribution in [3.05, 3.63) is 41.2 Å². The van der Waals surface area contributed by atoms with E-state index in [0.717, 1.165) is 28.3 Å². The number of methoxy groups -OCH3 is 2. The van der Waals surface area contributed by atoms with Gasteiger partial charge in [-0.05, 0) is 24.6 Å². The number of hydrogen-bond acceptors (Lipinski definition) is 4. The Morgan fingerprint density at radius 2 is 1.74 bits per heavy atom. The normalized spacial score (nSPS) is 12.3. The first kappa shape index (κ1) is 13.4. The van der Waals surface area contributed by atoms with Crippen molar-refractivity contribution in [2.24, 2.45) is 12.8 Å². The zero-order valence-electron chi connectivity index (χ0n) is 11.7. The molecule has 19 heavy (non-hydrogen) atoms. The number of rotatable bonds is 4. The fraction of sp³-hybridized carbons (Fsp3) is 0.357. The van der Waals surface area contributed by atoms with Crippen molar-refractivity contribution in [1.82, 2.24) is 9.78 Å². The molecule has 1 unspecified atom stereocenters. The van der Waals surface area contributed by atoms with Crippen molar-refractivity contribution in [1.29, 1.82) is 0 Å². The molecular weight excluding hydrogens is 242 g/mol. The van der Waals surface area contributed by atoms with Gasteiger partial charge in [-0.25, -0.2) is 0 Å². The van der Waals surface area contributed by atoms with E-state index in [9.17, 15) is 0 Å². The summed E-state index contributed by atoms with van der Waals surface area (Å²) in [6.45, 7) is 1.95. The highest BCUT2D eigenvalue weighted by Crippen LogP contribution is 2.29. The fourth-order valence-corrected chi connectivity index (χ4v) is 2.11. The van der Waals surface area contributed by atoms with Gasteiger partial charge in [0.1, 0.15) is 11.5 Å². The van der Waals surface area contributed by atoms with E-state index in [-0.39, 0.29) is 6.04 Å². The number of nitrogens with zero attached hydrogens (tertiary/aromatic N) is 2. The minimum absolute atomic E-state index is 0.252. The summed E-state index contributed by atoms with van der Waals surface area (Å²) in [7, 11) is 5.13. The first-order chi connectivity index (χ1) is 9.05. The van der Waals surface area contributed by atoms with Crippen molar-refractivity contribution in [3.63, 3.8) is 0 Å². The van der Waals surface area contributed by atoms with Gasteiger partial charge >= 0.3 is 0 Å². The molecule has 1 heterocycles. The summed E-state index contributed by atoms with van der Waals surface area (Å²) in [5.74, 6) is 1.46. The molecular formula is C14H19N3O2. The first-order valence-corrected chi connectivity index (χ1v) is 6.04. The largest absolute Gasteiger partial charge is 0.497 e. The fourth-order valence-electron chi connectivity index (χ4n) is 2.11. The van der Waals surface area contributed by atoms with Crippen LogP contribution in [0.25, 0.3) is 0 Å². The molecule has 0 saturated heterocycles. The van der Waals surface area contributed by atoms with Gasteiger partial charge in [0.25, 0.3) is 0 Å². The minimum atomic E-state index is -0.252. The second-order valence-corrected chi connectivity index (χ2v) is 4.47. The van der Waals surface area contributed by atoms with Gasteiger partial charge in [0.05, 0.1) is 26.0 Å². The first-order valence-electron chi connectivity index (χ1n) is 6.04. The third kappa shape index (κ3) is 2.71. The molecule has 1 aromatic heterocycles. The second kappa shape index (κ2) is 5.32. The predicted molar refractivity (Wildman–Crippen MR) is 73.5 cm³/mol. The summed E-state index contributed by atoms with van der Waals surface area (Å²) in [4.78, 5) is 0. The van der Waals surface area contributed by atoms with E-state index in [0.29, 0.717) is 0 Å². The topological polar surface area (TPSA) is 62.3 Å². The molecule has 0 saturated carbocycles. The number of nitrogens with two attached hydrogens (primary N) is 1. The molecule has 2 aromatic rings. The van der Waals surface area contributed by atoms with Crippen LogP contribution in [0.15, 0.2) is 24.4 Å². The minimum Gasteiger partial charge on any atom is -0.497 e. The Bertz CT molecular complexity index is 556. The summed E-state index contributed by atoms with van der Waals surface area (Å²) >= 11 is 0. The summed E-state index contributed by atoms with van der Waals surface area (Å²) < 4.78 is 12.3. The molecule has 2 N–H and O–H groups in total. The van der Waals surface area contributed by atoms with Gasteiger partial charge in [-0.1, -0.05) is 0 Å². The maximum Gasteiger partial charge on any atom is 0.122 e. The highest BCUT2D eigenvalue weighted by molar-refractivity contribution is 5.43. The summed E-state index contributed by atoms with van der Waals surface area (Å²) in [5, 5.41) is 4.32. The molecule has 0 aliphatic heterocycles. The Morgan fingerprint density at radius 3 is 2.16 bits per heavy atom. The third-order valence-corrected chi connectivity index (χ3v) is 3.12. The van der Waals surface area contributed by atoms with Crippen molar-refractivity contribution < 1.29 is 9.47 Å². The molecule has 2 rings (SSSR count). The van der Waals surface area contributed by atoms with Gasteiger partial charge in [-0.3, -0.25) is 4.68 Å². The Morgan fingerprint density at radius 1 is 1.16 bits per heavy atom. The monoisotopic (exact) mass is 261 g/mol. The van der Waals surface area contributed by atoms with E-state index < -0.39 is 0 Å². The molecule has 1 aromatic carbocycles. The maximum absolute atomic E-state index is 6.31. The molecule has 0 amide bonds. The number of ether oxygens (including phenoxy) is 2. The molecule has 5 heteroatoms. The van der Waals surface area contributed by atoms with Crippen LogP contribution in [0.5, 0.6) is 11.5 Å². The predicted octanol–water partition coefficient (Wildman–Crippen LogP) is 1.79. The summed E-state index contributed by atoms with van der Waals surface area (Å²) in [6, 6.07) is 5.41. The standard InChI is InChI=1S/C14H19N3O2/c1-9-13(8-17(2)16-9)14(15)10-5-11(18-3)7-12(6-10)19-4/h5-8,14H,15H2,1-4H3. The Balaban J connectivity index is 2.43. The van der Waals surface area contributed by atoms with Crippen LogP contribution in [0.1, 0.15) is 22.9 Å². The van der Waals surface area contributed by atoms with Crippen LogP contribution < -0.4 is 15.2 Å². The van der Waals surface area contributed by atoms with Crippen molar-refractivity contribution in [3.8, 4) is 11.5 Å². The molecule has 0 aliphatic rings. The zero-order valence-corrected chi connectivity index (χ0v) is 11.7. The van der Waals surface area contributed by atoms with Gasteiger partial charge in [0.2, 0.25) is 0 Å². The molecule has 102 valence electrons. The molecule has 1 atom stereocenters. The highest BCUT2D eigenvalue weighted by atomic mass is 16.5. The van der Waals surface area contributed by atoms with Crippen LogP contribution in [0.3, 0.4) is 0 Å². The molecule has 0 bridgehead atoms. The van der Waals surface area contributed by atoms with E-state index in [1.54, 1.807) is 18.9 Å². The van der Waals surface area contributed by atoms with E-state index in [4.69, 9.17) is 15.2 Å². The number of aromatic nitrogens is 2. The summed E-state index contributed by atoms with van der Waals surface area (Å²) in [6.07, 6.45) is 1.94. The van der Waals surface area contributed by atoms with Gasteiger partial charge < -0.3 is 15.2 Å². The van der Waals surface area contributed by atoms with Gasteiger partial charge in [-0.2, -0.15) is 5.10 Å². The quantitative estimate of drug-likeness (QED) is 0.911. The van der Waals surface area contributed by atoms with Crippen LogP contribution in [-0.2, 0) is 7.05 Å². The van der Waals surface area contributed by atoms with Gasteiger partial charge in [0, 0.05) is 24.9 Å². The van der Waals surface area contributed by atoms with Crippen LogP contribution in [0.4, 0.5) is 0 Å². The Hall–Kier alpha value is -2.01. The van der Waals surface area contributed by atoms with E-state index in [1.165, 1.54) is 0 Å². The van der Waals surface area contributed by atoms with Gasteiger partial charge in [-0.15, -0.1) is 0 Å². The molecule has 0 spiro atoms. The average molecular weight is 261 g/mol. The lowest BCUT2D eigenvalue weighted by atomic mass is 10.00. The average Bonchev–Trinajstić information content (AvgIpc) is 2.76. The van der Waals surface area contributed by atoms with E-state index in [2.05, 4.69) is 5.10 Å². The highest BCUT2D eigenvalue weighted by Gasteiger charge is 2.16. The van der Waals surface area contributed by atoms with Crippen molar-refractivity contribution in [2.45, 2.75) is 13.0 Å². The number of hydrogen-bond donors (Lipinski definition) is 1. The lowest BCUT2D eigenvalue weighted by Gasteiger charge is -2.14. The third-order valence-electron chi connectivity index (χ3n) is 3.12. The zero-order chi connectivity index (χ0) is 14.0. The molecule has 0 fully saturated rings. The van der Waals surface area contributed by atoms with Crippen molar-refractivity contribution >= 4 is 0 Å². The Kier molecular flexibility index (Phi) is 3.76. The molecule has 0 radical (unpaired) electrons. The number of benzene rings is 1. The Labute approximate surface area is 112 Å². The molecule has 0 aliphatic carbocycles. The number of aryl methyl sites for hydroxylation is 2. The van der Waals surface area contributed by atoms with Crippen LogP contribution >= 0.6 is 0 Å². The lowest BCUT2D eigenvalue weighted by molar-refractivity contribution is 0.393. The van der Waals surface area contributed by atoms with E-state index >= 15 is 0 Å². The van der Waals surface area contributed by atoms with E-state index in [1.807, 2.05) is 38.4 Å². The maximum atomic E-state index is 6.31. The van der Waals surface area contributed by atoms with Crippen molar-refractivity contribution in [2.75, 3.05) is 14.2 Å². The summed E-state index contributed by atoms with van der Waals surface area (Å²) in [5.41, 5.74) is 9.18. The SMILES string of the molecule is COc1cc(OC)cc(C(N)c2cn(C)nc2C)c1. The van der Waals surface area contributed by atoms with Crippen LogP contribution in [0.2, 0.25) is 0 Å². The smallest absolute Gasteiger partial charge is 0.122 e.